The van der Waals surface area contributed by atoms with Crippen molar-refractivity contribution in [1.82, 2.24) is 0 Å². The van der Waals surface area contributed by atoms with E-state index < -0.39 is 0 Å². The summed E-state index contributed by atoms with van der Waals surface area (Å²) in [6, 6.07) is 15.0. The number of carbonyl (C=O) groups is 1. The molecule has 1 nitrogen and oxygen atoms in total. The third kappa shape index (κ3) is 2.52. The Kier molecular flexibility index (Phi) is 3.76. The summed E-state index contributed by atoms with van der Waals surface area (Å²) in [7, 11) is 0. The van der Waals surface area contributed by atoms with Gasteiger partial charge in [0, 0.05) is 19.2 Å². The van der Waals surface area contributed by atoms with E-state index in [1.165, 1.54) is 0 Å². The minimum Gasteiger partial charge on any atom is -0.289 e. The molecule has 0 bridgehead atoms. The maximum Gasteiger partial charge on any atom is 0.194 e. The molecule has 0 heterocycles. The van der Waals surface area contributed by atoms with Crippen LogP contribution in [0.5, 0.6) is 0 Å². The highest BCUT2D eigenvalue weighted by Gasteiger charge is 2.12. The van der Waals surface area contributed by atoms with Crippen molar-refractivity contribution < 1.29 is 4.79 Å². The van der Waals surface area contributed by atoms with Gasteiger partial charge in [-0.15, -0.1) is 0 Å². The van der Waals surface area contributed by atoms with Gasteiger partial charge in [0.05, 0.1) is 0 Å². The molecule has 0 atom stereocenters. The van der Waals surface area contributed by atoms with Crippen LogP contribution >= 0.6 is 38.5 Å². The zero-order chi connectivity index (χ0) is 11.5. The van der Waals surface area contributed by atoms with Gasteiger partial charge in [0.2, 0.25) is 0 Å². The Bertz CT molecular complexity index is 523. The number of hydrogen-bond acceptors (Lipinski definition) is 1. The maximum absolute atomic E-state index is 12.2. The summed E-state index contributed by atoms with van der Waals surface area (Å²) in [6.07, 6.45) is 0. The van der Waals surface area contributed by atoms with E-state index in [0.717, 1.165) is 19.2 Å². The van der Waals surface area contributed by atoms with Crippen molar-refractivity contribution in [3.05, 3.63) is 67.7 Å². The smallest absolute Gasteiger partial charge is 0.194 e. The molecule has 0 saturated carbocycles. The summed E-state index contributed by atoms with van der Waals surface area (Å²) in [4.78, 5) is 12.2. The molecule has 0 N–H and O–H groups in total. The van der Waals surface area contributed by atoms with Crippen molar-refractivity contribution in [2.45, 2.75) is 0 Å². The zero-order valence-electron chi connectivity index (χ0n) is 8.28. The van der Waals surface area contributed by atoms with Crippen LogP contribution in [0.4, 0.5) is 0 Å². The van der Waals surface area contributed by atoms with E-state index in [1.807, 2.05) is 48.5 Å². The number of hydrogen-bond donors (Lipinski definition) is 0. The van der Waals surface area contributed by atoms with Crippen LogP contribution in [0.2, 0.25) is 0 Å². The van der Waals surface area contributed by atoms with Gasteiger partial charge in [-0.3, -0.25) is 4.79 Å². The van der Waals surface area contributed by atoms with Gasteiger partial charge in [-0.2, -0.15) is 0 Å². The van der Waals surface area contributed by atoms with Crippen LogP contribution in [0.25, 0.3) is 0 Å². The molecule has 0 aliphatic heterocycles. The Hall–Kier alpha value is -0.680. The Balaban J connectivity index is 2.46. The Labute approximate surface area is 116 Å². The lowest BCUT2D eigenvalue weighted by atomic mass is 10.0. The molecule has 0 fully saturated rings. The first-order valence-corrected chi connectivity index (χ1v) is 6.60. The predicted molar refractivity (Wildman–Crippen MR) is 76.7 cm³/mol. The summed E-state index contributed by atoms with van der Waals surface area (Å²) < 4.78 is 1.89. The normalized spacial score (nSPS) is 10.1. The van der Waals surface area contributed by atoms with Crippen molar-refractivity contribution in [1.29, 1.82) is 0 Å². The molecule has 2 rings (SSSR count). The Morgan fingerprint density at radius 2 is 1.75 bits per heavy atom. The van der Waals surface area contributed by atoms with Crippen molar-refractivity contribution >= 4 is 44.3 Å². The van der Waals surface area contributed by atoms with E-state index in [-0.39, 0.29) is 5.78 Å². The van der Waals surface area contributed by atoms with Gasteiger partial charge in [-0.1, -0.05) is 46.3 Å². The monoisotopic (exact) mass is 386 g/mol. The van der Waals surface area contributed by atoms with Crippen LogP contribution in [0, 0.1) is 3.57 Å². The van der Waals surface area contributed by atoms with Crippen molar-refractivity contribution in [3.8, 4) is 0 Å². The highest BCUT2D eigenvalue weighted by molar-refractivity contribution is 14.1. The molecular weight excluding hydrogens is 379 g/mol. The molecular formula is C13H8BrIO. The molecule has 0 aromatic heterocycles. The van der Waals surface area contributed by atoms with Crippen LogP contribution in [-0.2, 0) is 0 Å². The summed E-state index contributed by atoms with van der Waals surface area (Å²) in [5.74, 6) is 0.0614. The molecule has 0 amide bonds. The van der Waals surface area contributed by atoms with Crippen molar-refractivity contribution in [3.63, 3.8) is 0 Å². The molecule has 0 aliphatic carbocycles. The fourth-order valence-corrected chi connectivity index (χ4v) is 2.36. The van der Waals surface area contributed by atoms with Gasteiger partial charge in [0.25, 0.3) is 0 Å². The minimum atomic E-state index is 0.0614. The lowest BCUT2D eigenvalue weighted by Crippen LogP contribution is -2.03. The third-order valence-corrected chi connectivity index (χ3v) is 3.64. The van der Waals surface area contributed by atoms with Crippen LogP contribution < -0.4 is 0 Å². The molecule has 2 aromatic carbocycles. The molecule has 0 radical (unpaired) electrons. The number of halogens is 2. The molecule has 0 aliphatic rings. The number of carbonyl (C=O) groups excluding carboxylic acids is 1. The summed E-state index contributed by atoms with van der Waals surface area (Å²) in [6.45, 7) is 0. The molecule has 0 saturated heterocycles. The van der Waals surface area contributed by atoms with E-state index in [4.69, 9.17) is 0 Å². The second kappa shape index (κ2) is 5.10. The molecule has 16 heavy (non-hydrogen) atoms. The number of rotatable bonds is 2. The Morgan fingerprint density at radius 1 is 1.06 bits per heavy atom. The average Bonchev–Trinajstić information content (AvgIpc) is 2.32. The van der Waals surface area contributed by atoms with Gasteiger partial charge in [-0.05, 0) is 40.8 Å². The van der Waals surface area contributed by atoms with Gasteiger partial charge in [0.1, 0.15) is 0 Å². The molecule has 80 valence electrons. The van der Waals surface area contributed by atoms with Gasteiger partial charge in [0.15, 0.2) is 5.78 Å². The number of benzene rings is 2. The topological polar surface area (TPSA) is 17.1 Å². The van der Waals surface area contributed by atoms with E-state index in [1.54, 1.807) is 0 Å². The highest BCUT2D eigenvalue weighted by atomic mass is 127. The molecule has 3 heteroatoms. The quantitative estimate of drug-likeness (QED) is 0.556. The van der Waals surface area contributed by atoms with Crippen molar-refractivity contribution in [2.75, 3.05) is 0 Å². The van der Waals surface area contributed by atoms with Crippen molar-refractivity contribution in [2.24, 2.45) is 0 Å². The first kappa shape index (κ1) is 11.8. The van der Waals surface area contributed by atoms with Gasteiger partial charge < -0.3 is 0 Å². The average molecular weight is 387 g/mol. The second-order valence-electron chi connectivity index (χ2n) is 3.32. The summed E-state index contributed by atoms with van der Waals surface area (Å²) in [5, 5.41) is 0. The molecule has 2 aromatic rings. The molecule has 0 unspecified atom stereocenters. The SMILES string of the molecule is O=C(c1ccccc1)c1cc(Br)ccc1I. The highest BCUT2D eigenvalue weighted by Crippen LogP contribution is 2.21. The van der Waals surface area contributed by atoms with Crippen LogP contribution in [0.1, 0.15) is 15.9 Å². The first-order chi connectivity index (χ1) is 7.68. The minimum absolute atomic E-state index is 0.0614. The van der Waals surface area contributed by atoms with E-state index in [0.29, 0.717) is 0 Å². The molecule has 0 spiro atoms. The fourth-order valence-electron chi connectivity index (χ4n) is 1.42. The van der Waals surface area contributed by atoms with Gasteiger partial charge in [-0.25, -0.2) is 0 Å². The van der Waals surface area contributed by atoms with Gasteiger partial charge >= 0.3 is 0 Å². The first-order valence-electron chi connectivity index (χ1n) is 4.73. The lowest BCUT2D eigenvalue weighted by molar-refractivity contribution is 0.103. The number of ketones is 1. The second-order valence-corrected chi connectivity index (χ2v) is 5.40. The maximum atomic E-state index is 12.2. The largest absolute Gasteiger partial charge is 0.289 e. The van der Waals surface area contributed by atoms with E-state index >= 15 is 0 Å². The van der Waals surface area contributed by atoms with Crippen LogP contribution in [0.3, 0.4) is 0 Å². The third-order valence-electron chi connectivity index (χ3n) is 2.21. The predicted octanol–water partition coefficient (Wildman–Crippen LogP) is 4.28. The standard InChI is InChI=1S/C13H8BrIO/c14-10-6-7-12(15)11(8-10)13(16)9-4-2-1-3-5-9/h1-8H. The lowest BCUT2D eigenvalue weighted by Gasteiger charge is -2.04. The summed E-state index contributed by atoms with van der Waals surface area (Å²) >= 11 is 5.56. The van der Waals surface area contributed by atoms with E-state index in [2.05, 4.69) is 38.5 Å². The summed E-state index contributed by atoms with van der Waals surface area (Å²) in [5.41, 5.74) is 1.46. The van der Waals surface area contributed by atoms with Crippen LogP contribution in [0.15, 0.2) is 53.0 Å². The fraction of sp³-hybridized carbons (Fsp3) is 0. The van der Waals surface area contributed by atoms with E-state index in [9.17, 15) is 4.79 Å². The van der Waals surface area contributed by atoms with Crippen LogP contribution in [-0.4, -0.2) is 5.78 Å². The Morgan fingerprint density at radius 3 is 2.44 bits per heavy atom. The zero-order valence-corrected chi connectivity index (χ0v) is 12.0.